The molecule has 1 heterocycles. The van der Waals surface area contributed by atoms with Crippen LogP contribution in [0.15, 0.2) is 0 Å². The number of nitrogens with one attached hydrogen (secondary N) is 1. The van der Waals surface area contributed by atoms with Gasteiger partial charge in [0.25, 0.3) is 0 Å². The minimum absolute atomic E-state index is 0.393. The van der Waals surface area contributed by atoms with Gasteiger partial charge in [0.05, 0.1) is 18.3 Å². The maximum atomic E-state index is 5.12. The fraction of sp³-hybridized carbons (Fsp3) is 0.800. The monoisotopic (exact) mass is 284 g/mol. The van der Waals surface area contributed by atoms with E-state index in [2.05, 4.69) is 26.1 Å². The summed E-state index contributed by atoms with van der Waals surface area (Å²) in [5, 5.41) is 4.82. The third-order valence-corrected chi connectivity index (χ3v) is 4.57. The maximum absolute atomic E-state index is 5.12. The molecular weight excluding hydrogens is 256 g/mol. The van der Waals surface area contributed by atoms with Crippen molar-refractivity contribution >= 4 is 11.3 Å². The number of hydrogen-bond acceptors (Lipinski definition) is 4. The van der Waals surface area contributed by atoms with Crippen molar-refractivity contribution in [2.75, 3.05) is 20.3 Å². The van der Waals surface area contributed by atoms with E-state index in [1.807, 2.05) is 11.3 Å². The van der Waals surface area contributed by atoms with Gasteiger partial charge in [-0.05, 0) is 20.3 Å². The lowest BCUT2D eigenvalue weighted by Gasteiger charge is -2.16. The van der Waals surface area contributed by atoms with E-state index < -0.39 is 0 Å². The van der Waals surface area contributed by atoms with Gasteiger partial charge in [-0.25, -0.2) is 4.98 Å². The molecule has 1 aromatic heterocycles. The SMILES string of the molecule is CCCCCCC(NCCOC)c1nc(C)c(C)s1. The fourth-order valence-corrected chi connectivity index (χ4v) is 3.10. The van der Waals surface area contributed by atoms with Gasteiger partial charge in [0, 0.05) is 18.5 Å². The molecule has 1 unspecified atom stereocenters. The van der Waals surface area contributed by atoms with Gasteiger partial charge in [-0.15, -0.1) is 11.3 Å². The Morgan fingerprint density at radius 3 is 2.63 bits per heavy atom. The first kappa shape index (κ1) is 16.6. The van der Waals surface area contributed by atoms with Gasteiger partial charge in [-0.3, -0.25) is 0 Å². The van der Waals surface area contributed by atoms with Crippen LogP contribution in [-0.2, 0) is 4.74 Å². The van der Waals surface area contributed by atoms with Crippen molar-refractivity contribution in [1.29, 1.82) is 0 Å². The number of rotatable bonds is 10. The summed E-state index contributed by atoms with van der Waals surface area (Å²) in [5.41, 5.74) is 1.17. The summed E-state index contributed by atoms with van der Waals surface area (Å²) in [6, 6.07) is 0.393. The topological polar surface area (TPSA) is 34.1 Å². The van der Waals surface area contributed by atoms with Gasteiger partial charge in [0.15, 0.2) is 0 Å². The van der Waals surface area contributed by atoms with Crippen molar-refractivity contribution in [3.63, 3.8) is 0 Å². The number of methoxy groups -OCH3 is 1. The third kappa shape index (κ3) is 6.02. The second-order valence-corrected chi connectivity index (χ2v) is 6.28. The highest BCUT2D eigenvalue weighted by atomic mass is 32.1. The van der Waals surface area contributed by atoms with E-state index >= 15 is 0 Å². The molecule has 1 aromatic rings. The summed E-state index contributed by atoms with van der Waals surface area (Å²) in [6.45, 7) is 8.15. The number of ether oxygens (including phenoxy) is 1. The van der Waals surface area contributed by atoms with Crippen molar-refractivity contribution in [3.8, 4) is 0 Å². The quantitative estimate of drug-likeness (QED) is 0.659. The predicted octanol–water partition coefficient (Wildman–Crippen LogP) is 4.01. The molecule has 0 aliphatic rings. The number of aryl methyl sites for hydroxylation is 2. The highest BCUT2D eigenvalue weighted by Crippen LogP contribution is 2.26. The molecule has 110 valence electrons. The van der Waals surface area contributed by atoms with E-state index in [4.69, 9.17) is 9.72 Å². The third-order valence-electron chi connectivity index (χ3n) is 3.39. The molecule has 1 rings (SSSR count). The average Bonchev–Trinajstić information content (AvgIpc) is 2.72. The van der Waals surface area contributed by atoms with E-state index in [-0.39, 0.29) is 0 Å². The van der Waals surface area contributed by atoms with Crippen molar-refractivity contribution in [2.24, 2.45) is 0 Å². The molecular formula is C15H28N2OS. The Kier molecular flexibility index (Phi) is 8.26. The highest BCUT2D eigenvalue weighted by molar-refractivity contribution is 7.11. The number of hydrogen-bond donors (Lipinski definition) is 1. The molecule has 0 saturated carbocycles. The van der Waals surface area contributed by atoms with E-state index in [9.17, 15) is 0 Å². The summed E-state index contributed by atoms with van der Waals surface area (Å²) < 4.78 is 5.12. The summed E-state index contributed by atoms with van der Waals surface area (Å²) in [7, 11) is 1.75. The van der Waals surface area contributed by atoms with E-state index in [0.717, 1.165) is 13.2 Å². The minimum atomic E-state index is 0.393. The van der Waals surface area contributed by atoms with Crippen LogP contribution in [0.2, 0.25) is 0 Å². The zero-order chi connectivity index (χ0) is 14.1. The zero-order valence-electron chi connectivity index (χ0n) is 12.8. The first-order valence-electron chi connectivity index (χ1n) is 7.35. The number of nitrogens with zero attached hydrogens (tertiary/aromatic N) is 1. The van der Waals surface area contributed by atoms with Crippen molar-refractivity contribution in [3.05, 3.63) is 15.6 Å². The van der Waals surface area contributed by atoms with Crippen molar-refractivity contribution < 1.29 is 4.74 Å². The Balaban J connectivity index is 2.52. The predicted molar refractivity (Wildman–Crippen MR) is 83.0 cm³/mol. The van der Waals surface area contributed by atoms with E-state index in [1.54, 1.807) is 7.11 Å². The Bertz CT molecular complexity index is 332. The molecule has 0 aliphatic carbocycles. The average molecular weight is 284 g/mol. The Morgan fingerprint density at radius 2 is 2.05 bits per heavy atom. The summed E-state index contributed by atoms with van der Waals surface area (Å²) >= 11 is 1.83. The molecule has 19 heavy (non-hydrogen) atoms. The molecule has 0 aliphatic heterocycles. The Morgan fingerprint density at radius 1 is 1.26 bits per heavy atom. The molecule has 0 radical (unpaired) electrons. The van der Waals surface area contributed by atoms with Gasteiger partial charge in [0.1, 0.15) is 5.01 Å². The maximum Gasteiger partial charge on any atom is 0.110 e. The molecule has 0 saturated heterocycles. The zero-order valence-corrected chi connectivity index (χ0v) is 13.6. The molecule has 0 bridgehead atoms. The van der Waals surface area contributed by atoms with Crippen LogP contribution in [0.4, 0.5) is 0 Å². The minimum Gasteiger partial charge on any atom is -0.383 e. The normalized spacial score (nSPS) is 12.8. The summed E-state index contributed by atoms with van der Waals surface area (Å²) in [5.74, 6) is 0. The molecule has 1 N–H and O–H groups in total. The highest BCUT2D eigenvalue weighted by Gasteiger charge is 2.15. The van der Waals surface area contributed by atoms with Gasteiger partial charge in [-0.1, -0.05) is 32.6 Å². The standard InChI is InChI=1S/C15H28N2OS/c1-5-6-7-8-9-14(16-10-11-18-4)15-17-12(2)13(3)19-15/h14,16H,5-11H2,1-4H3. The molecule has 0 amide bonds. The van der Waals surface area contributed by atoms with Crippen molar-refractivity contribution in [1.82, 2.24) is 10.3 Å². The van der Waals surface area contributed by atoms with Crippen LogP contribution in [0.25, 0.3) is 0 Å². The van der Waals surface area contributed by atoms with Gasteiger partial charge >= 0.3 is 0 Å². The van der Waals surface area contributed by atoms with Gasteiger partial charge < -0.3 is 10.1 Å². The molecule has 0 fully saturated rings. The van der Waals surface area contributed by atoms with Crippen LogP contribution in [-0.4, -0.2) is 25.2 Å². The van der Waals surface area contributed by atoms with Crippen LogP contribution in [0.1, 0.15) is 60.6 Å². The summed E-state index contributed by atoms with van der Waals surface area (Å²) in [6.07, 6.45) is 6.40. The molecule has 4 heteroatoms. The Hall–Kier alpha value is -0.450. The first-order valence-corrected chi connectivity index (χ1v) is 8.17. The second kappa shape index (κ2) is 9.45. The van der Waals surface area contributed by atoms with E-state index in [0.29, 0.717) is 6.04 Å². The van der Waals surface area contributed by atoms with Crippen LogP contribution in [0.3, 0.4) is 0 Å². The molecule has 3 nitrogen and oxygen atoms in total. The van der Waals surface area contributed by atoms with Crippen LogP contribution in [0, 0.1) is 13.8 Å². The molecule has 1 atom stereocenters. The van der Waals surface area contributed by atoms with Crippen LogP contribution < -0.4 is 5.32 Å². The lowest BCUT2D eigenvalue weighted by Crippen LogP contribution is -2.25. The second-order valence-electron chi connectivity index (χ2n) is 5.04. The first-order chi connectivity index (χ1) is 9.19. The summed E-state index contributed by atoms with van der Waals surface area (Å²) in [4.78, 5) is 6.04. The largest absolute Gasteiger partial charge is 0.383 e. The Labute approximate surface area is 121 Å². The number of unbranched alkanes of at least 4 members (excludes halogenated alkanes) is 3. The lowest BCUT2D eigenvalue weighted by molar-refractivity contribution is 0.194. The van der Waals surface area contributed by atoms with E-state index in [1.165, 1.54) is 47.7 Å². The lowest BCUT2D eigenvalue weighted by atomic mass is 10.1. The van der Waals surface area contributed by atoms with Crippen LogP contribution >= 0.6 is 11.3 Å². The van der Waals surface area contributed by atoms with Gasteiger partial charge in [0.2, 0.25) is 0 Å². The van der Waals surface area contributed by atoms with Gasteiger partial charge in [-0.2, -0.15) is 0 Å². The van der Waals surface area contributed by atoms with Crippen LogP contribution in [0.5, 0.6) is 0 Å². The molecule has 0 spiro atoms. The number of aromatic nitrogens is 1. The van der Waals surface area contributed by atoms with Crippen molar-refractivity contribution in [2.45, 2.75) is 58.9 Å². The fourth-order valence-electron chi connectivity index (χ4n) is 2.07. The molecule has 0 aromatic carbocycles. The smallest absolute Gasteiger partial charge is 0.110 e. The number of thiazole rings is 1.